The van der Waals surface area contributed by atoms with E-state index in [-0.39, 0.29) is 12.2 Å². The fraction of sp³-hybridized carbons (Fsp3) is 0.214. The summed E-state index contributed by atoms with van der Waals surface area (Å²) in [5, 5.41) is 0. The molecule has 0 saturated heterocycles. The van der Waals surface area contributed by atoms with Gasteiger partial charge >= 0.3 is 5.92 Å². The van der Waals surface area contributed by atoms with Crippen molar-refractivity contribution in [2.45, 2.75) is 12.3 Å². The molecular formula is C14H14F3NO. The highest BCUT2D eigenvalue weighted by molar-refractivity contribution is 5.98. The van der Waals surface area contributed by atoms with Crippen LogP contribution in [-0.2, 0) is 4.79 Å². The van der Waals surface area contributed by atoms with Crippen molar-refractivity contribution >= 4 is 11.6 Å². The van der Waals surface area contributed by atoms with Crippen LogP contribution in [0.5, 0.6) is 0 Å². The summed E-state index contributed by atoms with van der Waals surface area (Å²) >= 11 is 0. The summed E-state index contributed by atoms with van der Waals surface area (Å²) in [5.74, 6) is -5.41. The first-order chi connectivity index (χ1) is 8.92. The van der Waals surface area contributed by atoms with Crippen molar-refractivity contribution < 1.29 is 18.0 Å². The van der Waals surface area contributed by atoms with Crippen LogP contribution < -0.4 is 4.90 Å². The summed E-state index contributed by atoms with van der Waals surface area (Å²) in [7, 11) is 0. The molecule has 102 valence electrons. The molecule has 0 spiro atoms. The maximum absolute atomic E-state index is 13.6. The molecular weight excluding hydrogens is 255 g/mol. The van der Waals surface area contributed by atoms with Gasteiger partial charge in [-0.2, -0.15) is 8.78 Å². The van der Waals surface area contributed by atoms with E-state index in [1.807, 2.05) is 0 Å². The van der Waals surface area contributed by atoms with Crippen LogP contribution in [0.4, 0.5) is 18.9 Å². The molecule has 1 rings (SSSR count). The Bertz CT molecular complexity index is 468. The molecule has 5 heteroatoms. The van der Waals surface area contributed by atoms with Crippen LogP contribution in [0.1, 0.15) is 6.42 Å². The Balaban J connectivity index is 3.06. The third kappa shape index (κ3) is 3.71. The Morgan fingerprint density at radius 3 is 2.26 bits per heavy atom. The van der Waals surface area contributed by atoms with Crippen molar-refractivity contribution in [3.63, 3.8) is 0 Å². The first kappa shape index (κ1) is 15.0. The zero-order valence-corrected chi connectivity index (χ0v) is 10.3. The first-order valence-corrected chi connectivity index (χ1v) is 5.59. The number of halogens is 3. The molecule has 0 saturated carbocycles. The van der Waals surface area contributed by atoms with Gasteiger partial charge in [0.25, 0.3) is 5.91 Å². The lowest BCUT2D eigenvalue weighted by Gasteiger charge is -2.25. The maximum Gasteiger partial charge on any atom is 0.328 e. The number of carbonyl (C=O) groups is 1. The number of carbonyl (C=O) groups excluding carboxylic acids is 1. The number of hydrogen-bond donors (Lipinski definition) is 0. The summed E-state index contributed by atoms with van der Waals surface area (Å²) in [6.07, 6.45) is 1.56. The Hall–Kier alpha value is -2.04. The summed E-state index contributed by atoms with van der Waals surface area (Å²) in [5.41, 5.74) is 0.190. The van der Waals surface area contributed by atoms with E-state index in [9.17, 15) is 18.0 Å². The van der Waals surface area contributed by atoms with E-state index >= 15 is 0 Å². The zero-order chi connectivity index (χ0) is 14.5. The van der Waals surface area contributed by atoms with Crippen LogP contribution in [0.15, 0.2) is 49.6 Å². The Kier molecular flexibility index (Phi) is 4.92. The molecule has 0 aromatic heterocycles. The Labute approximate surface area is 109 Å². The van der Waals surface area contributed by atoms with Crippen molar-refractivity contribution in [3.8, 4) is 0 Å². The average molecular weight is 269 g/mol. The van der Waals surface area contributed by atoms with Crippen molar-refractivity contribution in [3.05, 3.63) is 55.4 Å². The van der Waals surface area contributed by atoms with E-state index < -0.39 is 24.1 Å². The molecule has 1 amide bonds. The van der Waals surface area contributed by atoms with Gasteiger partial charge in [0, 0.05) is 18.7 Å². The Morgan fingerprint density at radius 2 is 1.79 bits per heavy atom. The lowest BCUT2D eigenvalue weighted by atomic mass is 10.2. The molecule has 0 radical (unpaired) electrons. The van der Waals surface area contributed by atoms with Crippen molar-refractivity contribution in [2.75, 3.05) is 11.4 Å². The zero-order valence-electron chi connectivity index (χ0n) is 10.3. The number of allylic oxidation sites excluding steroid dienone is 1. The summed E-state index contributed by atoms with van der Waals surface area (Å²) in [6, 6.07) is 4.73. The molecule has 0 unspecified atom stereocenters. The minimum absolute atomic E-state index is 0.0861. The van der Waals surface area contributed by atoms with Crippen LogP contribution in [0.2, 0.25) is 0 Å². The van der Waals surface area contributed by atoms with Gasteiger partial charge in [-0.05, 0) is 24.3 Å². The standard InChI is InChI=1S/C14H14F3NO/c1-3-9-14(16,17)13(19)18(10-4-2)12-7-5-11(15)6-8-12/h3-8H,1-2,9-10H2. The van der Waals surface area contributed by atoms with Crippen molar-refractivity contribution in [2.24, 2.45) is 0 Å². The molecule has 2 nitrogen and oxygen atoms in total. The minimum atomic E-state index is -3.54. The third-order valence-electron chi connectivity index (χ3n) is 2.41. The summed E-state index contributed by atoms with van der Waals surface area (Å²) < 4.78 is 40.0. The molecule has 1 aromatic carbocycles. The van der Waals surface area contributed by atoms with Crippen molar-refractivity contribution in [1.82, 2.24) is 0 Å². The highest BCUT2D eigenvalue weighted by atomic mass is 19.3. The largest absolute Gasteiger partial charge is 0.328 e. The fourth-order valence-electron chi connectivity index (χ4n) is 1.52. The quantitative estimate of drug-likeness (QED) is 0.723. The van der Waals surface area contributed by atoms with Crippen LogP contribution in [0.3, 0.4) is 0 Å². The van der Waals surface area contributed by atoms with Gasteiger partial charge < -0.3 is 4.90 Å². The van der Waals surface area contributed by atoms with Gasteiger partial charge in [-0.15, -0.1) is 13.2 Å². The van der Waals surface area contributed by atoms with E-state index in [0.717, 1.165) is 23.1 Å². The van der Waals surface area contributed by atoms with E-state index in [2.05, 4.69) is 13.2 Å². The molecule has 1 aromatic rings. The summed E-state index contributed by atoms with van der Waals surface area (Å²) in [6.45, 7) is 6.53. The number of nitrogens with zero attached hydrogens (tertiary/aromatic N) is 1. The van der Waals surface area contributed by atoms with Gasteiger partial charge in [0.2, 0.25) is 0 Å². The van der Waals surface area contributed by atoms with Crippen LogP contribution in [-0.4, -0.2) is 18.4 Å². The van der Waals surface area contributed by atoms with E-state index in [0.29, 0.717) is 0 Å². The smallest absolute Gasteiger partial charge is 0.303 e. The molecule has 0 aliphatic rings. The first-order valence-electron chi connectivity index (χ1n) is 5.59. The van der Waals surface area contributed by atoms with Gasteiger partial charge in [-0.3, -0.25) is 4.79 Å². The highest BCUT2D eigenvalue weighted by Gasteiger charge is 2.40. The Morgan fingerprint density at radius 1 is 1.21 bits per heavy atom. The predicted octanol–water partition coefficient (Wildman–Crippen LogP) is 3.56. The van der Waals surface area contributed by atoms with Crippen LogP contribution in [0, 0.1) is 5.82 Å². The van der Waals surface area contributed by atoms with Crippen LogP contribution in [0.25, 0.3) is 0 Å². The second-order valence-corrected chi connectivity index (χ2v) is 3.88. The maximum atomic E-state index is 13.6. The van der Waals surface area contributed by atoms with Gasteiger partial charge in [0.15, 0.2) is 0 Å². The number of rotatable bonds is 6. The van der Waals surface area contributed by atoms with Gasteiger partial charge in [0.05, 0.1) is 0 Å². The molecule has 0 fully saturated rings. The minimum Gasteiger partial charge on any atom is -0.303 e. The number of amides is 1. The monoisotopic (exact) mass is 269 g/mol. The normalized spacial score (nSPS) is 10.9. The number of alkyl halides is 2. The second-order valence-electron chi connectivity index (χ2n) is 3.88. The molecule has 0 N–H and O–H groups in total. The summed E-state index contributed by atoms with van der Waals surface area (Å²) in [4.78, 5) is 12.7. The SMILES string of the molecule is C=CCN(C(=O)C(F)(F)CC=C)c1ccc(F)cc1. The van der Waals surface area contributed by atoms with E-state index in [1.54, 1.807) is 0 Å². The highest BCUT2D eigenvalue weighted by Crippen LogP contribution is 2.26. The molecule has 0 heterocycles. The van der Waals surface area contributed by atoms with Gasteiger partial charge in [0.1, 0.15) is 5.82 Å². The average Bonchev–Trinajstić information content (AvgIpc) is 2.36. The van der Waals surface area contributed by atoms with Gasteiger partial charge in [-0.25, -0.2) is 4.39 Å². The van der Waals surface area contributed by atoms with Gasteiger partial charge in [-0.1, -0.05) is 12.2 Å². The van der Waals surface area contributed by atoms with E-state index in [4.69, 9.17) is 0 Å². The molecule has 19 heavy (non-hydrogen) atoms. The number of hydrogen-bond acceptors (Lipinski definition) is 1. The second kappa shape index (κ2) is 6.22. The molecule has 0 aliphatic carbocycles. The topological polar surface area (TPSA) is 20.3 Å². The van der Waals surface area contributed by atoms with Crippen molar-refractivity contribution in [1.29, 1.82) is 0 Å². The molecule has 0 bridgehead atoms. The molecule has 0 atom stereocenters. The van der Waals surface area contributed by atoms with Crippen LogP contribution >= 0.6 is 0 Å². The fourth-order valence-corrected chi connectivity index (χ4v) is 1.52. The lowest BCUT2D eigenvalue weighted by Crippen LogP contribution is -2.43. The number of benzene rings is 1. The third-order valence-corrected chi connectivity index (χ3v) is 2.41. The lowest BCUT2D eigenvalue weighted by molar-refractivity contribution is -0.141. The van der Waals surface area contributed by atoms with E-state index in [1.165, 1.54) is 18.2 Å². The predicted molar refractivity (Wildman–Crippen MR) is 68.7 cm³/mol. The number of anilines is 1. The molecule has 0 aliphatic heterocycles.